The first-order valence-corrected chi connectivity index (χ1v) is 9.69. The standard InChI is InChI=1S/C23H18BrN3O/c1-15-11-19(24)14-27-20(12-18-5-3-4-6-21(18)28-2)22(26-23(15)27)17-9-7-16(13-25)8-10-17/h3-11,14H,12H2,1-2H3. The first kappa shape index (κ1) is 18.3. The lowest BCUT2D eigenvalue weighted by molar-refractivity contribution is 0.410. The molecule has 0 saturated heterocycles. The molecular weight excluding hydrogens is 414 g/mol. The molecule has 2 aromatic carbocycles. The molecule has 0 fully saturated rings. The van der Waals surface area contributed by atoms with Crippen molar-refractivity contribution in [1.82, 2.24) is 9.38 Å². The Bertz CT molecular complexity index is 1200. The number of hydrogen-bond donors (Lipinski definition) is 0. The van der Waals surface area contributed by atoms with Crippen LogP contribution in [-0.4, -0.2) is 16.5 Å². The van der Waals surface area contributed by atoms with Crippen LogP contribution < -0.4 is 4.74 Å². The smallest absolute Gasteiger partial charge is 0.140 e. The van der Waals surface area contributed by atoms with E-state index in [1.54, 1.807) is 7.11 Å². The Morgan fingerprint density at radius 1 is 1.14 bits per heavy atom. The first-order valence-electron chi connectivity index (χ1n) is 8.90. The third-order valence-corrected chi connectivity index (χ3v) is 5.24. The predicted molar refractivity (Wildman–Crippen MR) is 114 cm³/mol. The number of aryl methyl sites for hydroxylation is 1. The number of para-hydroxylation sites is 1. The molecule has 5 heteroatoms. The van der Waals surface area contributed by atoms with E-state index >= 15 is 0 Å². The average molecular weight is 432 g/mol. The Labute approximate surface area is 172 Å². The summed E-state index contributed by atoms with van der Waals surface area (Å²) in [6.45, 7) is 2.06. The summed E-state index contributed by atoms with van der Waals surface area (Å²) in [7, 11) is 1.69. The van der Waals surface area contributed by atoms with E-state index in [1.165, 1.54) is 0 Å². The van der Waals surface area contributed by atoms with Crippen LogP contribution in [0.25, 0.3) is 16.9 Å². The highest BCUT2D eigenvalue weighted by Gasteiger charge is 2.18. The number of aromatic nitrogens is 2. The number of ether oxygens (including phenoxy) is 1. The molecule has 0 bridgehead atoms. The molecule has 0 N–H and O–H groups in total. The largest absolute Gasteiger partial charge is 0.496 e. The molecule has 4 aromatic rings. The summed E-state index contributed by atoms with van der Waals surface area (Å²) < 4.78 is 8.70. The van der Waals surface area contributed by atoms with Gasteiger partial charge in [0.15, 0.2) is 0 Å². The molecule has 2 aromatic heterocycles. The summed E-state index contributed by atoms with van der Waals surface area (Å²) in [6, 6.07) is 19.8. The van der Waals surface area contributed by atoms with Crippen molar-refractivity contribution >= 4 is 21.6 Å². The van der Waals surface area contributed by atoms with Crippen LogP contribution in [0.3, 0.4) is 0 Å². The lowest BCUT2D eigenvalue weighted by Crippen LogP contribution is -1.99. The van der Waals surface area contributed by atoms with Crippen LogP contribution in [0.15, 0.2) is 65.3 Å². The normalized spacial score (nSPS) is 10.8. The summed E-state index contributed by atoms with van der Waals surface area (Å²) in [6.07, 6.45) is 2.73. The van der Waals surface area contributed by atoms with E-state index in [0.29, 0.717) is 12.0 Å². The Morgan fingerprint density at radius 2 is 1.89 bits per heavy atom. The molecule has 0 aliphatic rings. The molecule has 0 amide bonds. The first-order chi connectivity index (χ1) is 13.6. The number of halogens is 1. The van der Waals surface area contributed by atoms with Gasteiger partial charge in [-0.05, 0) is 52.7 Å². The van der Waals surface area contributed by atoms with Crippen molar-refractivity contribution in [3.8, 4) is 23.1 Å². The highest BCUT2D eigenvalue weighted by atomic mass is 79.9. The monoisotopic (exact) mass is 431 g/mol. The molecule has 0 radical (unpaired) electrons. The quantitative estimate of drug-likeness (QED) is 0.425. The Kier molecular flexibility index (Phi) is 4.89. The van der Waals surface area contributed by atoms with Crippen LogP contribution in [0.4, 0.5) is 0 Å². The molecule has 4 rings (SSSR count). The van der Waals surface area contributed by atoms with E-state index in [-0.39, 0.29) is 0 Å². The summed E-state index contributed by atoms with van der Waals surface area (Å²) in [5, 5.41) is 9.10. The predicted octanol–water partition coefficient (Wildman–Crippen LogP) is 5.54. The van der Waals surface area contributed by atoms with Gasteiger partial charge in [-0.15, -0.1) is 0 Å². The van der Waals surface area contributed by atoms with Crippen LogP contribution in [-0.2, 0) is 6.42 Å². The number of nitriles is 1. The minimum Gasteiger partial charge on any atom is -0.496 e. The van der Waals surface area contributed by atoms with Gasteiger partial charge in [-0.1, -0.05) is 30.3 Å². The molecule has 138 valence electrons. The fraction of sp³-hybridized carbons (Fsp3) is 0.130. The van der Waals surface area contributed by atoms with E-state index in [4.69, 9.17) is 15.0 Å². The van der Waals surface area contributed by atoms with Crippen molar-refractivity contribution < 1.29 is 4.74 Å². The van der Waals surface area contributed by atoms with Crippen molar-refractivity contribution in [1.29, 1.82) is 5.26 Å². The van der Waals surface area contributed by atoms with Gasteiger partial charge < -0.3 is 9.14 Å². The van der Waals surface area contributed by atoms with Crippen LogP contribution >= 0.6 is 15.9 Å². The average Bonchev–Trinajstić information content (AvgIpc) is 3.07. The molecule has 0 unspecified atom stereocenters. The van der Waals surface area contributed by atoms with E-state index in [2.05, 4.69) is 45.5 Å². The lowest BCUT2D eigenvalue weighted by atomic mass is 10.0. The van der Waals surface area contributed by atoms with Crippen molar-refractivity contribution in [2.75, 3.05) is 7.11 Å². The van der Waals surface area contributed by atoms with Gasteiger partial charge in [0, 0.05) is 28.2 Å². The van der Waals surface area contributed by atoms with Crippen molar-refractivity contribution in [3.63, 3.8) is 0 Å². The zero-order valence-electron chi connectivity index (χ0n) is 15.6. The Balaban J connectivity index is 1.94. The third kappa shape index (κ3) is 3.28. The number of pyridine rings is 1. The minimum atomic E-state index is 0.637. The van der Waals surface area contributed by atoms with Gasteiger partial charge in [-0.3, -0.25) is 0 Å². The van der Waals surface area contributed by atoms with Gasteiger partial charge in [0.25, 0.3) is 0 Å². The molecule has 0 atom stereocenters. The van der Waals surface area contributed by atoms with Gasteiger partial charge in [0.1, 0.15) is 11.4 Å². The molecule has 0 spiro atoms. The van der Waals surface area contributed by atoms with E-state index in [9.17, 15) is 0 Å². The fourth-order valence-electron chi connectivity index (χ4n) is 3.45. The van der Waals surface area contributed by atoms with Gasteiger partial charge in [-0.25, -0.2) is 4.98 Å². The summed E-state index contributed by atoms with van der Waals surface area (Å²) in [5.74, 6) is 0.856. The molecular formula is C23H18BrN3O. The third-order valence-electron chi connectivity index (χ3n) is 4.81. The number of fused-ring (bicyclic) bond motifs is 1. The van der Waals surface area contributed by atoms with E-state index in [0.717, 1.165) is 43.9 Å². The zero-order chi connectivity index (χ0) is 19.7. The number of nitrogens with zero attached hydrogens (tertiary/aromatic N) is 3. The molecule has 28 heavy (non-hydrogen) atoms. The highest BCUT2D eigenvalue weighted by molar-refractivity contribution is 9.10. The maximum atomic E-state index is 9.10. The van der Waals surface area contributed by atoms with Crippen LogP contribution in [0, 0.1) is 18.3 Å². The summed E-state index contributed by atoms with van der Waals surface area (Å²) in [5.41, 5.74) is 6.73. The second-order valence-electron chi connectivity index (χ2n) is 6.62. The van der Waals surface area contributed by atoms with Crippen LogP contribution in [0.5, 0.6) is 5.75 Å². The summed E-state index contributed by atoms with van der Waals surface area (Å²) >= 11 is 3.61. The maximum Gasteiger partial charge on any atom is 0.140 e. The maximum absolute atomic E-state index is 9.10. The highest BCUT2D eigenvalue weighted by Crippen LogP contribution is 2.31. The van der Waals surface area contributed by atoms with E-state index < -0.39 is 0 Å². The number of hydrogen-bond acceptors (Lipinski definition) is 3. The number of imidazole rings is 1. The van der Waals surface area contributed by atoms with Crippen molar-refractivity contribution in [3.05, 3.63) is 87.7 Å². The zero-order valence-corrected chi connectivity index (χ0v) is 17.2. The molecule has 0 aliphatic heterocycles. The number of methoxy groups -OCH3 is 1. The minimum absolute atomic E-state index is 0.637. The van der Waals surface area contributed by atoms with Crippen molar-refractivity contribution in [2.45, 2.75) is 13.3 Å². The van der Waals surface area contributed by atoms with Crippen LogP contribution in [0.2, 0.25) is 0 Å². The second-order valence-corrected chi connectivity index (χ2v) is 7.54. The number of rotatable bonds is 4. The van der Waals surface area contributed by atoms with Gasteiger partial charge in [-0.2, -0.15) is 5.26 Å². The SMILES string of the molecule is COc1ccccc1Cc1c(-c2ccc(C#N)cc2)nc2c(C)cc(Br)cn12. The van der Waals surface area contributed by atoms with Crippen LogP contribution in [0.1, 0.15) is 22.4 Å². The Morgan fingerprint density at radius 3 is 2.61 bits per heavy atom. The van der Waals surface area contributed by atoms with Gasteiger partial charge in [0.05, 0.1) is 30.1 Å². The topological polar surface area (TPSA) is 50.3 Å². The molecule has 0 aliphatic carbocycles. The summed E-state index contributed by atoms with van der Waals surface area (Å²) in [4.78, 5) is 4.95. The fourth-order valence-corrected chi connectivity index (χ4v) is 4.00. The molecule has 2 heterocycles. The number of benzene rings is 2. The van der Waals surface area contributed by atoms with Gasteiger partial charge in [0.2, 0.25) is 0 Å². The molecule has 0 saturated carbocycles. The van der Waals surface area contributed by atoms with Crippen molar-refractivity contribution in [2.24, 2.45) is 0 Å². The molecule has 4 nitrogen and oxygen atoms in total. The van der Waals surface area contributed by atoms with Gasteiger partial charge >= 0.3 is 0 Å². The lowest BCUT2D eigenvalue weighted by Gasteiger charge is -2.10. The Hall–Kier alpha value is -3.10. The van der Waals surface area contributed by atoms with E-state index in [1.807, 2.05) is 48.7 Å². The second kappa shape index (κ2) is 7.49.